The molecule has 2 heterocycles. The minimum absolute atomic E-state index is 0.0346. The van der Waals surface area contributed by atoms with Gasteiger partial charge in [-0.3, -0.25) is 0 Å². The zero-order valence-electron chi connectivity index (χ0n) is 20.9. The Hall–Kier alpha value is -2.23. The normalized spacial score (nSPS) is 40.7. The number of hydrogen-bond acceptors (Lipinski definition) is 6. The van der Waals surface area contributed by atoms with Crippen LogP contribution in [-0.2, 0) is 16.6 Å². The highest BCUT2D eigenvalue weighted by Gasteiger charge is 2.83. The van der Waals surface area contributed by atoms with E-state index in [1.807, 2.05) is 17.9 Å². The van der Waals surface area contributed by atoms with Crippen LogP contribution in [-0.4, -0.2) is 52.1 Å². The van der Waals surface area contributed by atoms with Crippen molar-refractivity contribution in [3.8, 4) is 17.7 Å². The van der Waals surface area contributed by atoms with Crippen LogP contribution in [0.5, 0.6) is 11.5 Å². The number of likely N-dealkylation sites (tertiary alicyclic amines) is 1. The third-order valence-corrected chi connectivity index (χ3v) is 10.8. The van der Waals surface area contributed by atoms with Crippen LogP contribution in [0.2, 0.25) is 0 Å². The predicted octanol–water partition coefficient (Wildman–Crippen LogP) is 4.04. The molecule has 6 aliphatic rings. The molecule has 7 atom stereocenters. The number of ether oxygens (including phenoxy) is 2. The van der Waals surface area contributed by atoms with Crippen molar-refractivity contribution in [2.45, 2.75) is 88.6 Å². The van der Waals surface area contributed by atoms with Gasteiger partial charge in [0.25, 0.3) is 0 Å². The van der Waals surface area contributed by atoms with E-state index in [2.05, 4.69) is 33.5 Å². The van der Waals surface area contributed by atoms with Gasteiger partial charge in [-0.05, 0) is 61.6 Å². The maximum Gasteiger partial charge on any atom is 0.179 e. The van der Waals surface area contributed by atoms with Gasteiger partial charge in [-0.1, -0.05) is 33.4 Å². The van der Waals surface area contributed by atoms with Crippen molar-refractivity contribution in [1.82, 2.24) is 4.90 Å². The highest BCUT2D eigenvalue weighted by Crippen LogP contribution is 2.78. The molecular formula is C28H36N2O4. The molecule has 4 fully saturated rings. The maximum absolute atomic E-state index is 12.5. The molecule has 0 aromatic heterocycles. The lowest BCUT2D eigenvalue weighted by Gasteiger charge is -2.75. The van der Waals surface area contributed by atoms with E-state index in [0.717, 1.165) is 43.2 Å². The maximum atomic E-state index is 12.5. The Kier molecular flexibility index (Phi) is 4.13. The summed E-state index contributed by atoms with van der Waals surface area (Å²) in [6.45, 7) is 13.1. The summed E-state index contributed by atoms with van der Waals surface area (Å²) in [5.41, 5.74) is 0.0485. The average Bonchev–Trinajstić information content (AvgIpc) is 3.16. The summed E-state index contributed by atoms with van der Waals surface area (Å²) in [5.74, 6) is 0.509. The third-order valence-electron chi connectivity index (χ3n) is 10.8. The third kappa shape index (κ3) is 2.04. The van der Waals surface area contributed by atoms with Crippen LogP contribution in [0.3, 0.4) is 0 Å². The standard InChI is InChI=1S/C28H36N2O4/c1-16(2)28(32,24(3,4)5)19-14-25-9-10-27(19,33-6)23-26(25)11-12-30(15-29)20(25)13-17-7-8-18(31)22(34-23)21(17)26/h7-8,19-20,23,31-32H,1,9-14H2,2-6H3/t19-,20+,23+,25+,26-,27+,28-/m0/s1. The van der Waals surface area contributed by atoms with E-state index >= 15 is 0 Å². The van der Waals surface area contributed by atoms with E-state index in [4.69, 9.17) is 9.47 Å². The molecule has 34 heavy (non-hydrogen) atoms. The number of phenolic OH excluding ortho intramolecular Hbond substituents is 1. The molecule has 3 saturated carbocycles. The fraction of sp³-hybridized carbons (Fsp3) is 0.679. The topological polar surface area (TPSA) is 86.0 Å². The molecule has 4 bridgehead atoms. The van der Waals surface area contributed by atoms with Gasteiger partial charge < -0.3 is 24.6 Å². The van der Waals surface area contributed by atoms with Gasteiger partial charge in [0.05, 0.1) is 5.60 Å². The van der Waals surface area contributed by atoms with E-state index < -0.39 is 16.6 Å². The smallest absolute Gasteiger partial charge is 0.179 e. The fourth-order valence-electron chi connectivity index (χ4n) is 9.52. The Morgan fingerprint density at radius 1 is 1.29 bits per heavy atom. The molecule has 7 rings (SSSR count). The van der Waals surface area contributed by atoms with E-state index in [1.165, 1.54) is 5.56 Å². The molecule has 1 saturated heterocycles. The number of benzene rings is 1. The molecule has 182 valence electrons. The number of aliphatic hydroxyl groups is 1. The molecule has 0 unspecified atom stereocenters. The summed E-state index contributed by atoms with van der Waals surface area (Å²) in [5, 5.41) is 33.6. The first-order valence-corrected chi connectivity index (χ1v) is 12.6. The zero-order chi connectivity index (χ0) is 24.5. The number of hydrogen-bond donors (Lipinski definition) is 2. The number of rotatable bonds is 3. The first-order valence-electron chi connectivity index (χ1n) is 12.6. The molecule has 1 aromatic carbocycles. The Balaban J connectivity index is 1.67. The van der Waals surface area contributed by atoms with Crippen LogP contribution < -0.4 is 4.74 Å². The van der Waals surface area contributed by atoms with Gasteiger partial charge in [0, 0.05) is 42.0 Å². The Labute approximate surface area is 202 Å². The van der Waals surface area contributed by atoms with Crippen molar-refractivity contribution < 1.29 is 19.7 Å². The molecule has 0 radical (unpaired) electrons. The molecular weight excluding hydrogens is 428 g/mol. The lowest BCUT2D eigenvalue weighted by Crippen LogP contribution is -2.83. The number of nitriles is 1. The molecule has 2 N–H and O–H groups in total. The first kappa shape index (κ1) is 22.2. The van der Waals surface area contributed by atoms with E-state index in [9.17, 15) is 15.5 Å². The number of nitrogens with zero attached hydrogens (tertiary/aromatic N) is 2. The molecule has 6 nitrogen and oxygen atoms in total. The van der Waals surface area contributed by atoms with Crippen molar-refractivity contribution in [3.05, 3.63) is 35.4 Å². The molecule has 0 amide bonds. The van der Waals surface area contributed by atoms with Gasteiger partial charge in [0.2, 0.25) is 0 Å². The largest absolute Gasteiger partial charge is 0.504 e. The van der Waals surface area contributed by atoms with Gasteiger partial charge in [0.1, 0.15) is 11.7 Å². The van der Waals surface area contributed by atoms with Crippen molar-refractivity contribution in [3.63, 3.8) is 0 Å². The average molecular weight is 465 g/mol. The summed E-state index contributed by atoms with van der Waals surface area (Å²) < 4.78 is 13.3. The lowest BCUT2D eigenvalue weighted by atomic mass is 9.33. The van der Waals surface area contributed by atoms with Crippen LogP contribution >= 0.6 is 0 Å². The number of fused-ring (bicyclic) bond motifs is 2. The second-order valence-electron chi connectivity index (χ2n) is 12.5. The monoisotopic (exact) mass is 464 g/mol. The number of methoxy groups -OCH3 is 1. The number of phenols is 1. The molecule has 6 heteroatoms. The zero-order valence-corrected chi connectivity index (χ0v) is 20.9. The molecule has 4 aliphatic carbocycles. The van der Waals surface area contributed by atoms with Gasteiger partial charge in [0.15, 0.2) is 17.7 Å². The number of piperidine rings is 1. The molecule has 1 aromatic rings. The highest BCUT2D eigenvalue weighted by molar-refractivity contribution is 5.63. The summed E-state index contributed by atoms with van der Waals surface area (Å²) >= 11 is 0. The van der Waals surface area contributed by atoms with Gasteiger partial charge in [-0.15, -0.1) is 0 Å². The van der Waals surface area contributed by atoms with E-state index in [1.54, 1.807) is 13.2 Å². The molecule has 2 aliphatic heterocycles. The Morgan fingerprint density at radius 3 is 2.65 bits per heavy atom. The second kappa shape index (κ2) is 6.30. The van der Waals surface area contributed by atoms with Crippen molar-refractivity contribution in [2.24, 2.45) is 16.7 Å². The van der Waals surface area contributed by atoms with Gasteiger partial charge in [-0.25, -0.2) is 0 Å². The Bertz CT molecular complexity index is 1150. The SMILES string of the molecule is C=C(C)[C@](O)([C@H]1C[C@@]23CC[C@]1(OC)[C@@H]1Oc4c(O)ccc5c4[C@@]12CCN(C#N)[C@@H]3C5)C(C)(C)C. The summed E-state index contributed by atoms with van der Waals surface area (Å²) in [4.78, 5) is 1.98. The van der Waals surface area contributed by atoms with E-state index in [-0.39, 0.29) is 34.6 Å². The summed E-state index contributed by atoms with van der Waals surface area (Å²) in [6, 6.07) is 3.78. The van der Waals surface area contributed by atoms with Gasteiger partial charge in [-0.2, -0.15) is 5.26 Å². The fourth-order valence-corrected chi connectivity index (χ4v) is 9.52. The first-order chi connectivity index (χ1) is 15.9. The van der Waals surface area contributed by atoms with Crippen LogP contribution in [0, 0.1) is 28.2 Å². The van der Waals surface area contributed by atoms with Crippen molar-refractivity contribution >= 4 is 0 Å². The van der Waals surface area contributed by atoms with E-state index in [0.29, 0.717) is 12.3 Å². The Morgan fingerprint density at radius 2 is 2.03 bits per heavy atom. The van der Waals surface area contributed by atoms with Crippen molar-refractivity contribution in [1.29, 1.82) is 5.26 Å². The quantitative estimate of drug-likeness (QED) is 0.519. The van der Waals surface area contributed by atoms with Crippen LogP contribution in [0.15, 0.2) is 24.3 Å². The highest BCUT2D eigenvalue weighted by atomic mass is 16.6. The summed E-state index contributed by atoms with van der Waals surface area (Å²) in [6.07, 6.45) is 6.08. The van der Waals surface area contributed by atoms with Crippen molar-refractivity contribution in [2.75, 3.05) is 13.7 Å². The minimum atomic E-state index is -1.19. The van der Waals surface area contributed by atoms with Crippen LogP contribution in [0.25, 0.3) is 0 Å². The predicted molar refractivity (Wildman–Crippen MR) is 127 cm³/mol. The van der Waals surface area contributed by atoms with Crippen LogP contribution in [0.4, 0.5) is 0 Å². The second-order valence-corrected chi connectivity index (χ2v) is 12.5. The minimum Gasteiger partial charge on any atom is -0.504 e. The lowest BCUT2D eigenvalue weighted by molar-refractivity contribution is -0.306. The van der Waals surface area contributed by atoms with Crippen LogP contribution in [0.1, 0.15) is 64.5 Å². The number of aromatic hydroxyl groups is 1. The summed E-state index contributed by atoms with van der Waals surface area (Å²) in [7, 11) is 1.75. The van der Waals surface area contributed by atoms with Gasteiger partial charge >= 0.3 is 0 Å². The molecule has 2 spiro atoms.